The van der Waals surface area contributed by atoms with Crippen molar-refractivity contribution < 1.29 is 27.5 Å². The minimum atomic E-state index is -4.60. The zero-order chi connectivity index (χ0) is 21.2. The fourth-order valence-corrected chi connectivity index (χ4v) is 3.41. The third-order valence-corrected chi connectivity index (χ3v) is 4.82. The maximum Gasteiger partial charge on any atom is 0.416 e. The first kappa shape index (κ1) is 20.6. The summed E-state index contributed by atoms with van der Waals surface area (Å²) in [6.45, 7) is 3.40. The number of aryl methyl sites for hydroxylation is 1. The van der Waals surface area contributed by atoms with E-state index >= 15 is 0 Å². The summed E-state index contributed by atoms with van der Waals surface area (Å²) in [6, 6.07) is 12.3. The van der Waals surface area contributed by atoms with Gasteiger partial charge in [0.15, 0.2) is 0 Å². The fourth-order valence-electron chi connectivity index (χ4n) is 3.41. The molecule has 1 aliphatic rings. The number of hydrogen-bond donors (Lipinski definition) is 1. The highest BCUT2D eigenvalue weighted by atomic mass is 19.4. The second-order valence-corrected chi connectivity index (χ2v) is 6.99. The Balaban J connectivity index is 1.92. The summed E-state index contributed by atoms with van der Waals surface area (Å²) in [6.07, 6.45) is -4.87. The molecule has 2 aromatic carbocycles. The summed E-state index contributed by atoms with van der Waals surface area (Å²) in [4.78, 5) is 24.8. The molecule has 1 aliphatic heterocycles. The van der Waals surface area contributed by atoms with E-state index < -0.39 is 29.5 Å². The lowest BCUT2D eigenvalue weighted by atomic mass is 9.82. The highest BCUT2D eigenvalue weighted by Crippen LogP contribution is 2.41. The topological polar surface area (TPSA) is 55.4 Å². The molecule has 0 aliphatic carbocycles. The van der Waals surface area contributed by atoms with Gasteiger partial charge >= 0.3 is 12.1 Å². The van der Waals surface area contributed by atoms with Gasteiger partial charge in [-0.3, -0.25) is 4.79 Å². The number of ether oxygens (including phenoxy) is 1. The Kier molecular flexibility index (Phi) is 5.77. The van der Waals surface area contributed by atoms with Crippen LogP contribution in [-0.2, 0) is 27.1 Å². The van der Waals surface area contributed by atoms with Gasteiger partial charge < -0.3 is 10.1 Å². The second-order valence-electron chi connectivity index (χ2n) is 6.99. The van der Waals surface area contributed by atoms with E-state index in [9.17, 15) is 22.8 Å². The van der Waals surface area contributed by atoms with Gasteiger partial charge in [0.25, 0.3) is 0 Å². The van der Waals surface area contributed by atoms with Gasteiger partial charge in [-0.25, -0.2) is 4.79 Å². The Morgan fingerprint density at radius 1 is 1.10 bits per heavy atom. The number of allylic oxidation sites excluding steroid dienone is 1. The lowest BCUT2D eigenvalue weighted by Gasteiger charge is -2.28. The van der Waals surface area contributed by atoms with E-state index in [0.29, 0.717) is 0 Å². The molecule has 0 unspecified atom stereocenters. The van der Waals surface area contributed by atoms with Gasteiger partial charge in [0, 0.05) is 18.0 Å². The summed E-state index contributed by atoms with van der Waals surface area (Å²) in [5.74, 6) is -2.23. The molecule has 2 aromatic rings. The molecule has 0 saturated heterocycles. The Hall–Kier alpha value is -3.09. The van der Waals surface area contributed by atoms with Crippen LogP contribution in [0.5, 0.6) is 0 Å². The highest BCUT2D eigenvalue weighted by molar-refractivity contribution is 5.96. The van der Waals surface area contributed by atoms with E-state index in [4.69, 9.17) is 4.74 Å². The van der Waals surface area contributed by atoms with E-state index in [1.54, 1.807) is 0 Å². The van der Waals surface area contributed by atoms with Crippen LogP contribution in [0.15, 0.2) is 59.8 Å². The molecule has 0 spiro atoms. The molecule has 0 saturated carbocycles. The van der Waals surface area contributed by atoms with E-state index in [2.05, 4.69) is 5.32 Å². The van der Waals surface area contributed by atoms with E-state index in [-0.39, 0.29) is 29.9 Å². The third-order valence-electron chi connectivity index (χ3n) is 4.82. The molecule has 152 valence electrons. The van der Waals surface area contributed by atoms with Crippen molar-refractivity contribution >= 4 is 11.9 Å². The van der Waals surface area contributed by atoms with Gasteiger partial charge in [-0.2, -0.15) is 13.2 Å². The number of carbonyl (C=O) groups is 2. The quantitative estimate of drug-likeness (QED) is 0.757. The van der Waals surface area contributed by atoms with Gasteiger partial charge in [0.2, 0.25) is 5.91 Å². The number of amides is 1. The monoisotopic (exact) mass is 403 g/mol. The van der Waals surface area contributed by atoms with Crippen molar-refractivity contribution in [1.29, 1.82) is 0 Å². The molecule has 1 heterocycles. The number of alkyl halides is 3. The average molecular weight is 403 g/mol. The number of rotatable bonds is 4. The molecule has 4 nitrogen and oxygen atoms in total. The van der Waals surface area contributed by atoms with E-state index in [1.165, 1.54) is 25.1 Å². The second kappa shape index (κ2) is 8.11. The molecule has 0 radical (unpaired) electrons. The maximum absolute atomic E-state index is 13.5. The Labute approximate surface area is 166 Å². The molecule has 0 aromatic heterocycles. The summed E-state index contributed by atoms with van der Waals surface area (Å²) >= 11 is 0. The van der Waals surface area contributed by atoms with Crippen LogP contribution in [0.2, 0.25) is 0 Å². The van der Waals surface area contributed by atoms with Crippen molar-refractivity contribution in [3.8, 4) is 0 Å². The molecule has 3 rings (SSSR count). The summed E-state index contributed by atoms with van der Waals surface area (Å²) in [5, 5.41) is 2.53. The van der Waals surface area contributed by atoms with Gasteiger partial charge in [0.05, 0.1) is 11.1 Å². The Morgan fingerprint density at radius 3 is 2.41 bits per heavy atom. The normalized spacial score (nSPS) is 17.1. The molecule has 7 heteroatoms. The average Bonchev–Trinajstić information content (AvgIpc) is 2.66. The number of carbonyl (C=O) groups excluding carboxylic acids is 2. The SMILES string of the molecule is CC1=C(C(=O)OCc2ccc(C)cc2)[C@H](c2ccccc2C(F)(F)F)CC(=O)N1. The van der Waals surface area contributed by atoms with Crippen LogP contribution in [0.25, 0.3) is 0 Å². The number of benzene rings is 2. The van der Waals surface area contributed by atoms with Crippen LogP contribution in [-0.4, -0.2) is 11.9 Å². The van der Waals surface area contributed by atoms with Gasteiger partial charge in [0.1, 0.15) is 6.61 Å². The van der Waals surface area contributed by atoms with Crippen LogP contribution in [0.4, 0.5) is 13.2 Å². The molecular formula is C22H20F3NO3. The van der Waals surface area contributed by atoms with Crippen LogP contribution in [0.1, 0.15) is 41.5 Å². The van der Waals surface area contributed by atoms with Gasteiger partial charge in [-0.1, -0.05) is 48.0 Å². The van der Waals surface area contributed by atoms with Crippen molar-refractivity contribution in [2.24, 2.45) is 0 Å². The van der Waals surface area contributed by atoms with Gasteiger partial charge in [-0.15, -0.1) is 0 Å². The zero-order valence-electron chi connectivity index (χ0n) is 16.0. The lowest BCUT2D eigenvalue weighted by molar-refractivity contribution is -0.142. The predicted molar refractivity (Wildman–Crippen MR) is 101 cm³/mol. The van der Waals surface area contributed by atoms with E-state index in [1.807, 2.05) is 31.2 Å². The number of halogens is 3. The number of nitrogens with one attached hydrogen (secondary N) is 1. The van der Waals surface area contributed by atoms with Crippen molar-refractivity contribution in [2.45, 2.75) is 39.0 Å². The number of hydrogen-bond acceptors (Lipinski definition) is 3. The van der Waals surface area contributed by atoms with Crippen LogP contribution < -0.4 is 5.32 Å². The predicted octanol–water partition coefficient (Wildman–Crippen LogP) is 4.63. The Morgan fingerprint density at radius 2 is 1.76 bits per heavy atom. The van der Waals surface area contributed by atoms with E-state index in [0.717, 1.165) is 17.2 Å². The molecule has 1 atom stereocenters. The van der Waals surface area contributed by atoms with Crippen LogP contribution >= 0.6 is 0 Å². The first-order valence-corrected chi connectivity index (χ1v) is 9.06. The molecule has 1 amide bonds. The molecule has 0 bridgehead atoms. The third kappa shape index (κ3) is 4.67. The summed E-state index contributed by atoms with van der Waals surface area (Å²) in [7, 11) is 0. The number of esters is 1. The first-order chi connectivity index (χ1) is 13.7. The molecule has 29 heavy (non-hydrogen) atoms. The minimum Gasteiger partial charge on any atom is -0.457 e. The van der Waals surface area contributed by atoms with Crippen LogP contribution in [0, 0.1) is 6.92 Å². The standard InChI is InChI=1S/C22H20F3NO3/c1-13-7-9-15(10-8-13)12-29-21(28)20-14(2)26-19(27)11-17(20)16-5-3-4-6-18(16)22(23,24)25/h3-10,17H,11-12H2,1-2H3,(H,26,27)/t17-/m0/s1. The lowest BCUT2D eigenvalue weighted by Crippen LogP contribution is -2.34. The molecular weight excluding hydrogens is 383 g/mol. The smallest absolute Gasteiger partial charge is 0.416 e. The van der Waals surface area contributed by atoms with Crippen molar-refractivity contribution in [3.05, 3.63) is 82.1 Å². The highest BCUT2D eigenvalue weighted by Gasteiger charge is 2.40. The summed E-state index contributed by atoms with van der Waals surface area (Å²) in [5.41, 5.74) is 1.07. The maximum atomic E-state index is 13.5. The Bertz CT molecular complexity index is 962. The minimum absolute atomic E-state index is 0.0164. The van der Waals surface area contributed by atoms with Crippen molar-refractivity contribution in [2.75, 3.05) is 0 Å². The molecule has 0 fully saturated rings. The fraction of sp³-hybridized carbons (Fsp3) is 0.273. The summed E-state index contributed by atoms with van der Waals surface area (Å²) < 4.78 is 45.8. The zero-order valence-corrected chi connectivity index (χ0v) is 16.0. The largest absolute Gasteiger partial charge is 0.457 e. The first-order valence-electron chi connectivity index (χ1n) is 9.06. The molecule has 1 N–H and O–H groups in total. The van der Waals surface area contributed by atoms with Crippen molar-refractivity contribution in [3.63, 3.8) is 0 Å². The van der Waals surface area contributed by atoms with Crippen molar-refractivity contribution in [1.82, 2.24) is 5.32 Å². The van der Waals surface area contributed by atoms with Gasteiger partial charge in [-0.05, 0) is 31.0 Å². The van der Waals surface area contributed by atoms with Crippen LogP contribution in [0.3, 0.4) is 0 Å².